The lowest BCUT2D eigenvalue weighted by Crippen LogP contribution is -2.16. The van der Waals surface area contributed by atoms with Gasteiger partial charge in [0.15, 0.2) is 0 Å². The van der Waals surface area contributed by atoms with E-state index in [9.17, 15) is 4.79 Å². The maximum atomic E-state index is 12.2. The highest BCUT2D eigenvalue weighted by Gasteiger charge is 2.12. The van der Waals surface area contributed by atoms with Crippen molar-refractivity contribution in [1.82, 2.24) is 14.8 Å². The number of carbonyl (C=O) groups excluding carboxylic acids is 1. The number of aryl methyl sites for hydroxylation is 1. The molecule has 0 saturated carbocycles. The van der Waals surface area contributed by atoms with Crippen LogP contribution in [0.15, 0.2) is 60.9 Å². The number of para-hydroxylation sites is 1. The maximum Gasteiger partial charge on any atom is 0.275 e. The van der Waals surface area contributed by atoms with E-state index in [4.69, 9.17) is 0 Å². The van der Waals surface area contributed by atoms with Crippen molar-refractivity contribution in [3.8, 4) is 5.69 Å². The third-order valence-electron chi connectivity index (χ3n) is 3.13. The zero-order valence-electron chi connectivity index (χ0n) is 11.5. The average Bonchev–Trinajstić information content (AvgIpc) is 2.96. The molecule has 1 amide bonds. The first-order valence-corrected chi connectivity index (χ1v) is 6.58. The molecule has 2 aromatic heterocycles. The van der Waals surface area contributed by atoms with E-state index in [1.807, 2.05) is 31.2 Å². The van der Waals surface area contributed by atoms with E-state index in [0.717, 1.165) is 11.3 Å². The first-order valence-electron chi connectivity index (χ1n) is 6.58. The number of rotatable bonds is 3. The number of hydrogen-bond acceptors (Lipinski definition) is 3. The van der Waals surface area contributed by atoms with Crippen molar-refractivity contribution in [1.29, 1.82) is 0 Å². The Morgan fingerprint density at radius 3 is 2.62 bits per heavy atom. The van der Waals surface area contributed by atoms with Crippen LogP contribution in [0, 0.1) is 6.92 Å². The average molecular weight is 278 g/mol. The number of pyridine rings is 1. The fourth-order valence-electron chi connectivity index (χ4n) is 2.07. The van der Waals surface area contributed by atoms with Crippen molar-refractivity contribution in [2.45, 2.75) is 6.92 Å². The number of nitrogens with zero attached hydrogens (tertiary/aromatic N) is 3. The number of hydrogen-bond donors (Lipinski definition) is 1. The van der Waals surface area contributed by atoms with Gasteiger partial charge in [-0.1, -0.05) is 24.3 Å². The zero-order chi connectivity index (χ0) is 14.7. The van der Waals surface area contributed by atoms with Crippen molar-refractivity contribution < 1.29 is 4.79 Å². The van der Waals surface area contributed by atoms with Gasteiger partial charge >= 0.3 is 0 Å². The Bertz CT molecular complexity index is 765. The predicted molar refractivity (Wildman–Crippen MR) is 80.5 cm³/mol. The first-order chi connectivity index (χ1) is 10.3. The van der Waals surface area contributed by atoms with Crippen LogP contribution < -0.4 is 5.32 Å². The molecule has 0 spiro atoms. The van der Waals surface area contributed by atoms with Crippen LogP contribution in [0.5, 0.6) is 0 Å². The topological polar surface area (TPSA) is 59.8 Å². The van der Waals surface area contributed by atoms with Gasteiger partial charge in [0.1, 0.15) is 11.5 Å². The molecule has 3 rings (SSSR count). The molecule has 0 atom stereocenters. The Labute approximate surface area is 122 Å². The van der Waals surface area contributed by atoms with Gasteiger partial charge in [-0.3, -0.25) is 9.78 Å². The van der Waals surface area contributed by atoms with Gasteiger partial charge in [-0.2, -0.15) is 5.10 Å². The van der Waals surface area contributed by atoms with Gasteiger partial charge in [-0.15, -0.1) is 0 Å². The summed E-state index contributed by atoms with van der Waals surface area (Å²) < 4.78 is 1.70. The molecular weight excluding hydrogens is 264 g/mol. The van der Waals surface area contributed by atoms with Crippen LogP contribution in [-0.2, 0) is 0 Å². The summed E-state index contributed by atoms with van der Waals surface area (Å²) in [6.45, 7) is 2.00. The summed E-state index contributed by atoms with van der Waals surface area (Å²) in [5.74, 6) is 0.353. The molecule has 0 fully saturated rings. The van der Waals surface area contributed by atoms with Crippen LogP contribution in [0.2, 0.25) is 0 Å². The Morgan fingerprint density at radius 2 is 1.86 bits per heavy atom. The summed E-state index contributed by atoms with van der Waals surface area (Å²) in [5.41, 5.74) is 2.38. The molecule has 0 saturated heterocycles. The van der Waals surface area contributed by atoms with E-state index in [1.165, 1.54) is 0 Å². The van der Waals surface area contributed by atoms with Crippen molar-refractivity contribution in [2.75, 3.05) is 5.32 Å². The molecule has 0 aliphatic heterocycles. The summed E-state index contributed by atoms with van der Waals surface area (Å²) in [6, 6.07) is 14.8. The summed E-state index contributed by atoms with van der Waals surface area (Å²) in [6.07, 6.45) is 3.24. The quantitative estimate of drug-likeness (QED) is 0.801. The number of carbonyl (C=O) groups is 1. The molecular formula is C16H14N4O. The van der Waals surface area contributed by atoms with Crippen LogP contribution in [0.4, 0.5) is 5.82 Å². The smallest absolute Gasteiger partial charge is 0.275 e. The standard InChI is InChI=1S/C16H14N4O/c1-12-6-2-3-8-14(12)20-15(9-11-18-20)19-16(21)13-7-4-5-10-17-13/h2-11H,1H3,(H,19,21). The Hall–Kier alpha value is -2.95. The lowest BCUT2D eigenvalue weighted by Gasteiger charge is -2.10. The molecule has 0 bridgehead atoms. The van der Waals surface area contributed by atoms with Gasteiger partial charge in [0, 0.05) is 12.3 Å². The van der Waals surface area contributed by atoms with Crippen LogP contribution in [0.1, 0.15) is 16.1 Å². The monoisotopic (exact) mass is 278 g/mol. The highest BCUT2D eigenvalue weighted by molar-refractivity contribution is 6.02. The summed E-state index contributed by atoms with van der Waals surface area (Å²) in [5, 5.41) is 7.11. The molecule has 1 aromatic carbocycles. The van der Waals surface area contributed by atoms with Crippen LogP contribution in [0.3, 0.4) is 0 Å². The minimum absolute atomic E-state index is 0.258. The number of benzene rings is 1. The molecule has 0 aliphatic carbocycles. The number of aromatic nitrogens is 3. The van der Waals surface area contributed by atoms with Gasteiger partial charge < -0.3 is 5.32 Å². The van der Waals surface area contributed by atoms with Crippen LogP contribution in [-0.4, -0.2) is 20.7 Å². The molecule has 0 radical (unpaired) electrons. The molecule has 0 unspecified atom stereocenters. The number of nitrogens with one attached hydrogen (secondary N) is 1. The zero-order valence-corrected chi connectivity index (χ0v) is 11.5. The number of amides is 1. The SMILES string of the molecule is Cc1ccccc1-n1nccc1NC(=O)c1ccccn1. The Kier molecular flexibility index (Phi) is 3.47. The molecule has 0 aliphatic rings. The van der Waals surface area contributed by atoms with Gasteiger partial charge in [0.25, 0.3) is 5.91 Å². The second kappa shape index (κ2) is 5.58. The lowest BCUT2D eigenvalue weighted by molar-refractivity contribution is 0.102. The van der Waals surface area contributed by atoms with E-state index in [1.54, 1.807) is 41.3 Å². The maximum absolute atomic E-state index is 12.2. The Morgan fingerprint density at radius 1 is 1.05 bits per heavy atom. The number of anilines is 1. The fraction of sp³-hybridized carbons (Fsp3) is 0.0625. The Balaban J connectivity index is 1.90. The lowest BCUT2D eigenvalue weighted by atomic mass is 10.2. The third kappa shape index (κ3) is 2.67. The van der Waals surface area contributed by atoms with E-state index < -0.39 is 0 Å². The van der Waals surface area contributed by atoms with E-state index in [-0.39, 0.29) is 5.91 Å². The molecule has 3 aromatic rings. The molecule has 2 heterocycles. The highest BCUT2D eigenvalue weighted by Crippen LogP contribution is 2.18. The molecule has 5 nitrogen and oxygen atoms in total. The van der Waals surface area contributed by atoms with Gasteiger partial charge in [0.2, 0.25) is 0 Å². The third-order valence-corrected chi connectivity index (χ3v) is 3.13. The van der Waals surface area contributed by atoms with Gasteiger partial charge in [-0.25, -0.2) is 4.68 Å². The van der Waals surface area contributed by atoms with Crippen molar-refractivity contribution in [3.63, 3.8) is 0 Å². The van der Waals surface area contributed by atoms with Crippen LogP contribution >= 0.6 is 0 Å². The fourth-order valence-corrected chi connectivity index (χ4v) is 2.07. The van der Waals surface area contributed by atoms with Crippen molar-refractivity contribution >= 4 is 11.7 Å². The van der Waals surface area contributed by atoms with E-state index in [2.05, 4.69) is 15.4 Å². The van der Waals surface area contributed by atoms with Crippen molar-refractivity contribution in [2.24, 2.45) is 0 Å². The van der Waals surface area contributed by atoms with Gasteiger partial charge in [-0.05, 0) is 30.7 Å². The minimum atomic E-state index is -0.258. The summed E-state index contributed by atoms with van der Waals surface area (Å²) in [4.78, 5) is 16.2. The van der Waals surface area contributed by atoms with Crippen LogP contribution in [0.25, 0.3) is 5.69 Å². The second-order valence-corrected chi connectivity index (χ2v) is 4.58. The molecule has 5 heteroatoms. The molecule has 104 valence electrons. The summed E-state index contributed by atoms with van der Waals surface area (Å²) in [7, 11) is 0. The highest BCUT2D eigenvalue weighted by atomic mass is 16.2. The predicted octanol–water partition coefficient (Wildman–Crippen LogP) is 2.83. The molecule has 1 N–H and O–H groups in total. The van der Waals surface area contributed by atoms with E-state index in [0.29, 0.717) is 11.5 Å². The first kappa shape index (κ1) is 13.1. The normalized spacial score (nSPS) is 10.3. The summed E-state index contributed by atoms with van der Waals surface area (Å²) >= 11 is 0. The van der Waals surface area contributed by atoms with Gasteiger partial charge in [0.05, 0.1) is 11.9 Å². The second-order valence-electron chi connectivity index (χ2n) is 4.58. The van der Waals surface area contributed by atoms with E-state index >= 15 is 0 Å². The largest absolute Gasteiger partial charge is 0.305 e. The minimum Gasteiger partial charge on any atom is -0.305 e. The van der Waals surface area contributed by atoms with Crippen molar-refractivity contribution in [3.05, 3.63) is 72.2 Å². The molecule has 21 heavy (non-hydrogen) atoms.